The number of nitrogens with one attached hydrogen (secondary N) is 1. The first-order valence-corrected chi connectivity index (χ1v) is 13.4. The Morgan fingerprint density at radius 3 is 2.48 bits per heavy atom. The van der Waals surface area contributed by atoms with Crippen LogP contribution >= 0.6 is 0 Å². The van der Waals surface area contributed by atoms with E-state index in [2.05, 4.69) is 62.4 Å². The van der Waals surface area contributed by atoms with Crippen LogP contribution in [0.3, 0.4) is 0 Å². The zero-order valence-corrected chi connectivity index (χ0v) is 22.0. The summed E-state index contributed by atoms with van der Waals surface area (Å²) in [4.78, 5) is 24.6. The summed E-state index contributed by atoms with van der Waals surface area (Å²) >= 11 is 0. The minimum Gasteiger partial charge on any atom is -0.308 e. The summed E-state index contributed by atoms with van der Waals surface area (Å²) < 4.78 is 2.18. The van der Waals surface area contributed by atoms with E-state index in [1.807, 2.05) is 54.6 Å². The monoisotopic (exact) mass is 526 g/mol. The number of aryl methyl sites for hydroxylation is 1. The van der Waals surface area contributed by atoms with E-state index in [0.717, 1.165) is 63.3 Å². The maximum Gasteiger partial charge on any atom is 0.237 e. The maximum atomic E-state index is 13.0. The average molecular weight is 527 g/mol. The minimum absolute atomic E-state index is 0.0323. The number of aromatic nitrogens is 7. The molecule has 9 heteroatoms. The van der Waals surface area contributed by atoms with Crippen LogP contribution in [0.4, 0.5) is 11.5 Å². The van der Waals surface area contributed by atoms with Crippen molar-refractivity contribution in [3.05, 3.63) is 102 Å². The highest BCUT2D eigenvalue weighted by atomic mass is 16.2. The number of aromatic amines is 1. The van der Waals surface area contributed by atoms with Gasteiger partial charge in [-0.05, 0) is 57.3 Å². The van der Waals surface area contributed by atoms with Gasteiger partial charge in [0.2, 0.25) is 5.91 Å². The lowest BCUT2D eigenvalue weighted by atomic mass is 9.98. The summed E-state index contributed by atoms with van der Waals surface area (Å²) in [6, 6.07) is 28.3. The molecule has 1 amide bonds. The van der Waals surface area contributed by atoms with Gasteiger partial charge in [0.05, 0.1) is 18.7 Å². The van der Waals surface area contributed by atoms with E-state index in [9.17, 15) is 4.79 Å². The normalized spacial score (nSPS) is 12.8. The van der Waals surface area contributed by atoms with Crippen molar-refractivity contribution in [1.82, 2.24) is 35.2 Å². The number of imidazole rings is 1. The summed E-state index contributed by atoms with van der Waals surface area (Å²) in [5, 5.41) is 14.4. The highest BCUT2D eigenvalue weighted by Gasteiger charge is 2.29. The molecule has 40 heavy (non-hydrogen) atoms. The van der Waals surface area contributed by atoms with Crippen LogP contribution in [0.2, 0.25) is 0 Å². The van der Waals surface area contributed by atoms with Gasteiger partial charge in [0.1, 0.15) is 17.2 Å². The van der Waals surface area contributed by atoms with Crippen molar-refractivity contribution >= 4 is 28.6 Å². The number of pyridine rings is 1. The third-order valence-corrected chi connectivity index (χ3v) is 7.32. The second-order valence-corrected chi connectivity index (χ2v) is 9.90. The summed E-state index contributed by atoms with van der Waals surface area (Å²) in [7, 11) is 0. The number of amides is 1. The molecule has 4 heterocycles. The van der Waals surface area contributed by atoms with Crippen molar-refractivity contribution < 1.29 is 4.79 Å². The molecule has 7 rings (SSSR count). The van der Waals surface area contributed by atoms with Crippen molar-refractivity contribution in [1.29, 1.82) is 0 Å². The van der Waals surface area contributed by atoms with Crippen LogP contribution in [-0.4, -0.2) is 41.1 Å². The number of benzene rings is 3. The summed E-state index contributed by atoms with van der Waals surface area (Å²) in [6.45, 7) is 2.78. The Bertz CT molecular complexity index is 1840. The van der Waals surface area contributed by atoms with E-state index >= 15 is 0 Å². The van der Waals surface area contributed by atoms with Crippen molar-refractivity contribution in [2.45, 2.75) is 32.7 Å². The Morgan fingerprint density at radius 1 is 0.875 bits per heavy atom. The lowest BCUT2D eigenvalue weighted by Gasteiger charge is -2.17. The number of hydrogen-bond donors (Lipinski definition) is 1. The molecule has 0 saturated carbocycles. The quantitative estimate of drug-likeness (QED) is 0.294. The number of carbonyl (C=O) groups is 1. The Morgan fingerprint density at radius 2 is 1.68 bits per heavy atom. The fourth-order valence-corrected chi connectivity index (χ4v) is 5.44. The number of carbonyl (C=O) groups excluding carboxylic acids is 1. The minimum atomic E-state index is 0.0323. The molecule has 0 atom stereocenters. The van der Waals surface area contributed by atoms with Crippen LogP contribution in [0.1, 0.15) is 30.3 Å². The molecule has 3 aromatic carbocycles. The zero-order valence-electron chi connectivity index (χ0n) is 22.0. The molecule has 6 aromatic rings. The molecule has 1 N–H and O–H groups in total. The van der Waals surface area contributed by atoms with Gasteiger partial charge in [-0.3, -0.25) is 9.69 Å². The van der Waals surface area contributed by atoms with Gasteiger partial charge < -0.3 is 4.57 Å². The number of hydrogen-bond acceptors (Lipinski definition) is 6. The van der Waals surface area contributed by atoms with E-state index in [1.54, 1.807) is 4.90 Å². The highest BCUT2D eigenvalue weighted by Crippen LogP contribution is 2.35. The first-order chi connectivity index (χ1) is 19.7. The molecule has 0 fully saturated rings. The van der Waals surface area contributed by atoms with E-state index in [-0.39, 0.29) is 5.91 Å². The Kier molecular flexibility index (Phi) is 5.88. The molecular formula is C31H26N8O. The van der Waals surface area contributed by atoms with Crippen molar-refractivity contribution in [2.24, 2.45) is 0 Å². The number of fused-ring (bicyclic) bond motifs is 2. The number of rotatable bonds is 7. The predicted molar refractivity (Wildman–Crippen MR) is 153 cm³/mol. The van der Waals surface area contributed by atoms with E-state index < -0.39 is 0 Å². The van der Waals surface area contributed by atoms with Crippen molar-refractivity contribution in [3.63, 3.8) is 0 Å². The smallest absolute Gasteiger partial charge is 0.237 e. The highest BCUT2D eigenvalue weighted by molar-refractivity contribution is 6.07. The van der Waals surface area contributed by atoms with E-state index in [4.69, 9.17) is 9.97 Å². The molecule has 9 nitrogen and oxygen atoms in total. The van der Waals surface area contributed by atoms with Gasteiger partial charge in [0.15, 0.2) is 11.5 Å². The average Bonchev–Trinajstić information content (AvgIpc) is 3.71. The molecule has 1 aliphatic heterocycles. The largest absolute Gasteiger partial charge is 0.308 e. The first kappa shape index (κ1) is 23.9. The number of para-hydroxylation sites is 1. The molecular weight excluding hydrogens is 500 g/mol. The van der Waals surface area contributed by atoms with Crippen LogP contribution in [0, 0.1) is 0 Å². The number of tetrazole rings is 1. The van der Waals surface area contributed by atoms with Crippen molar-refractivity contribution in [3.8, 4) is 22.5 Å². The Balaban J connectivity index is 1.24. The maximum absolute atomic E-state index is 13.0. The lowest BCUT2D eigenvalue weighted by Crippen LogP contribution is -2.22. The van der Waals surface area contributed by atoms with Crippen molar-refractivity contribution in [2.75, 3.05) is 4.90 Å². The second kappa shape index (κ2) is 9.85. The van der Waals surface area contributed by atoms with E-state index in [1.165, 1.54) is 0 Å². The lowest BCUT2D eigenvalue weighted by molar-refractivity contribution is -0.116. The molecule has 1 aliphatic rings. The third-order valence-electron chi connectivity index (χ3n) is 7.32. The molecule has 0 radical (unpaired) electrons. The molecule has 0 unspecified atom stereocenters. The topological polar surface area (TPSA) is 105 Å². The summed E-state index contributed by atoms with van der Waals surface area (Å²) in [5.41, 5.74) is 7.74. The number of anilines is 2. The fourth-order valence-electron chi connectivity index (χ4n) is 5.44. The summed E-state index contributed by atoms with van der Waals surface area (Å²) in [5.74, 6) is 2.28. The Labute approximate surface area is 230 Å². The predicted octanol–water partition coefficient (Wildman–Crippen LogP) is 5.50. The van der Waals surface area contributed by atoms with Crippen LogP contribution in [-0.2, 0) is 24.2 Å². The molecule has 3 aromatic heterocycles. The van der Waals surface area contributed by atoms with Gasteiger partial charge >= 0.3 is 0 Å². The number of H-pyrrole nitrogens is 1. The second-order valence-electron chi connectivity index (χ2n) is 9.90. The van der Waals surface area contributed by atoms with Gasteiger partial charge in [-0.1, -0.05) is 73.7 Å². The molecule has 0 bridgehead atoms. The van der Waals surface area contributed by atoms with Crippen LogP contribution < -0.4 is 4.90 Å². The van der Waals surface area contributed by atoms with Gasteiger partial charge in [-0.25, -0.2) is 15.1 Å². The number of nitrogens with zero attached hydrogens (tertiary/aromatic N) is 7. The van der Waals surface area contributed by atoms with Gasteiger partial charge in [-0.15, -0.1) is 5.10 Å². The van der Waals surface area contributed by atoms with Gasteiger partial charge in [-0.2, -0.15) is 0 Å². The van der Waals surface area contributed by atoms with Gasteiger partial charge in [0.25, 0.3) is 0 Å². The molecule has 0 aliphatic carbocycles. The summed E-state index contributed by atoms with van der Waals surface area (Å²) in [6.07, 6.45) is 2.20. The van der Waals surface area contributed by atoms with Crippen LogP contribution in [0.5, 0.6) is 0 Å². The third kappa shape index (κ3) is 4.12. The van der Waals surface area contributed by atoms with Gasteiger partial charge in [0, 0.05) is 12.0 Å². The van der Waals surface area contributed by atoms with E-state index in [0.29, 0.717) is 24.6 Å². The molecule has 196 valence electrons. The standard InChI is InChI=1S/C31H26N8O/c1-2-7-27-32-25-16-17-28(39-26-11-6-3-8-22(26)18-29(39)40)33-31(25)38(27)19-20-12-14-21(15-13-20)23-9-4-5-10-24(23)30-34-36-37-35-30/h3-6,8-17H,2,7,18-19H2,1H3,(H,34,35,36,37). The SMILES string of the molecule is CCCc1nc2ccc(N3C(=O)Cc4ccccc43)nc2n1Cc1ccc(-c2ccccc2-c2nnn[nH]2)cc1. The van der Waals surface area contributed by atoms with Crippen LogP contribution in [0.25, 0.3) is 33.7 Å². The first-order valence-electron chi connectivity index (χ1n) is 13.4. The zero-order chi connectivity index (χ0) is 27.1. The fraction of sp³-hybridized carbons (Fsp3) is 0.161. The van der Waals surface area contributed by atoms with Crippen LogP contribution in [0.15, 0.2) is 84.9 Å². The molecule has 0 spiro atoms. The molecule has 0 saturated heterocycles. The Hall–Kier alpha value is -5.18.